The number of aromatic nitrogens is 2. The van der Waals surface area contributed by atoms with E-state index in [0.29, 0.717) is 5.82 Å². The maximum absolute atomic E-state index is 13.0. The number of carbonyl (C=O) groups excluding carboxylic acids is 1. The van der Waals surface area contributed by atoms with E-state index in [2.05, 4.69) is 10.3 Å². The Morgan fingerprint density at radius 1 is 1.12 bits per heavy atom. The highest BCUT2D eigenvalue weighted by molar-refractivity contribution is 5.92. The van der Waals surface area contributed by atoms with E-state index >= 15 is 0 Å². The van der Waals surface area contributed by atoms with E-state index in [1.807, 2.05) is 24.3 Å². The van der Waals surface area contributed by atoms with Crippen LogP contribution in [0.4, 0.5) is 18.9 Å². The van der Waals surface area contributed by atoms with Gasteiger partial charge in [0, 0.05) is 0 Å². The van der Waals surface area contributed by atoms with Gasteiger partial charge in [-0.3, -0.25) is 4.79 Å². The number of nitrogens with one attached hydrogen (secondary N) is 1. The molecule has 2 aromatic carbocycles. The third-order valence-corrected chi connectivity index (χ3v) is 3.65. The van der Waals surface area contributed by atoms with Crippen molar-refractivity contribution in [3.05, 3.63) is 59.9 Å². The maximum Gasteiger partial charge on any atom is 0.418 e. The number of nitrogens with zero attached hydrogens (tertiary/aromatic N) is 2. The predicted molar refractivity (Wildman–Crippen MR) is 84.5 cm³/mol. The van der Waals surface area contributed by atoms with Gasteiger partial charge < -0.3 is 9.88 Å². The minimum absolute atomic E-state index is 0.113. The largest absolute Gasteiger partial charge is 0.418 e. The Kier molecular flexibility index (Phi) is 4.01. The van der Waals surface area contributed by atoms with Gasteiger partial charge in [-0.25, -0.2) is 4.98 Å². The molecule has 124 valence electrons. The topological polar surface area (TPSA) is 46.9 Å². The van der Waals surface area contributed by atoms with E-state index < -0.39 is 17.6 Å². The first-order valence-corrected chi connectivity index (χ1v) is 7.24. The van der Waals surface area contributed by atoms with Crippen LogP contribution in [0.1, 0.15) is 11.4 Å². The molecule has 0 aliphatic heterocycles. The molecule has 0 saturated carbocycles. The summed E-state index contributed by atoms with van der Waals surface area (Å²) < 4.78 is 40.6. The number of hydrogen-bond donors (Lipinski definition) is 1. The molecule has 3 aromatic rings. The molecule has 0 radical (unpaired) electrons. The smallest absolute Gasteiger partial charge is 0.324 e. The molecule has 0 unspecified atom stereocenters. The van der Waals surface area contributed by atoms with Gasteiger partial charge in [-0.1, -0.05) is 24.3 Å². The van der Waals surface area contributed by atoms with E-state index in [-0.39, 0.29) is 12.2 Å². The zero-order valence-electron chi connectivity index (χ0n) is 12.8. The molecule has 0 saturated heterocycles. The summed E-state index contributed by atoms with van der Waals surface area (Å²) in [6, 6.07) is 12.2. The van der Waals surface area contributed by atoms with E-state index in [1.54, 1.807) is 11.5 Å². The fraction of sp³-hybridized carbons (Fsp3) is 0.176. The zero-order valence-corrected chi connectivity index (χ0v) is 12.8. The quantitative estimate of drug-likeness (QED) is 0.787. The summed E-state index contributed by atoms with van der Waals surface area (Å²) >= 11 is 0. The lowest BCUT2D eigenvalue weighted by molar-refractivity contribution is -0.137. The molecule has 24 heavy (non-hydrogen) atoms. The Morgan fingerprint density at radius 3 is 2.54 bits per heavy atom. The van der Waals surface area contributed by atoms with Crippen molar-refractivity contribution in [3.63, 3.8) is 0 Å². The van der Waals surface area contributed by atoms with Gasteiger partial charge >= 0.3 is 6.18 Å². The Bertz CT molecular complexity index is 899. The summed E-state index contributed by atoms with van der Waals surface area (Å²) in [6.07, 6.45) is -4.53. The van der Waals surface area contributed by atoms with Crippen LogP contribution in [0.25, 0.3) is 11.0 Å². The van der Waals surface area contributed by atoms with Crippen molar-refractivity contribution in [3.8, 4) is 0 Å². The number of halogens is 3. The molecule has 1 aromatic heterocycles. The van der Waals surface area contributed by atoms with Crippen LogP contribution in [0.5, 0.6) is 0 Å². The number of carbonyl (C=O) groups is 1. The lowest BCUT2D eigenvalue weighted by atomic mass is 10.1. The molecule has 0 spiro atoms. The molecule has 1 amide bonds. The molecule has 3 rings (SSSR count). The molecule has 1 heterocycles. The third-order valence-electron chi connectivity index (χ3n) is 3.65. The van der Waals surface area contributed by atoms with Crippen molar-refractivity contribution in [2.24, 2.45) is 0 Å². The van der Waals surface area contributed by atoms with Crippen LogP contribution < -0.4 is 5.32 Å². The molecular weight excluding hydrogens is 319 g/mol. The number of amides is 1. The van der Waals surface area contributed by atoms with Gasteiger partial charge in [-0.15, -0.1) is 0 Å². The van der Waals surface area contributed by atoms with E-state index in [0.717, 1.165) is 17.1 Å². The van der Waals surface area contributed by atoms with Crippen LogP contribution in [0, 0.1) is 6.92 Å². The Hall–Kier alpha value is -2.83. The molecule has 0 atom stereocenters. The summed E-state index contributed by atoms with van der Waals surface area (Å²) in [7, 11) is 0. The first kappa shape index (κ1) is 16.0. The molecule has 0 aliphatic carbocycles. The second-order valence-electron chi connectivity index (χ2n) is 5.33. The van der Waals surface area contributed by atoms with Crippen LogP contribution in [0.15, 0.2) is 48.5 Å². The first-order chi connectivity index (χ1) is 11.4. The van der Waals surface area contributed by atoms with E-state index in [1.165, 1.54) is 18.2 Å². The zero-order chi connectivity index (χ0) is 17.3. The van der Waals surface area contributed by atoms with E-state index in [4.69, 9.17) is 0 Å². The molecule has 4 nitrogen and oxygen atoms in total. The van der Waals surface area contributed by atoms with Gasteiger partial charge in [0.1, 0.15) is 12.4 Å². The lowest BCUT2D eigenvalue weighted by Gasteiger charge is -2.14. The highest BCUT2D eigenvalue weighted by Crippen LogP contribution is 2.34. The molecule has 7 heteroatoms. The van der Waals surface area contributed by atoms with Crippen molar-refractivity contribution in [2.75, 3.05) is 5.32 Å². The first-order valence-electron chi connectivity index (χ1n) is 7.24. The van der Waals surface area contributed by atoms with Gasteiger partial charge in [0.05, 0.1) is 22.3 Å². The lowest BCUT2D eigenvalue weighted by Crippen LogP contribution is -2.21. The number of alkyl halides is 3. The van der Waals surface area contributed by atoms with E-state index in [9.17, 15) is 18.0 Å². The fourth-order valence-electron chi connectivity index (χ4n) is 2.57. The summed E-state index contributed by atoms with van der Waals surface area (Å²) in [5.74, 6) is 0.0772. The predicted octanol–water partition coefficient (Wildman–Crippen LogP) is 4.00. The number of fused-ring (bicyclic) bond motifs is 1. The number of benzene rings is 2. The van der Waals surface area contributed by atoms with Gasteiger partial charge in [0.25, 0.3) is 0 Å². The Balaban J connectivity index is 1.85. The van der Waals surface area contributed by atoms with Crippen LogP contribution in [0.3, 0.4) is 0 Å². The third kappa shape index (κ3) is 3.10. The van der Waals surface area contributed by atoms with Gasteiger partial charge in [0.2, 0.25) is 5.91 Å². The molecule has 0 fully saturated rings. The summed E-state index contributed by atoms with van der Waals surface area (Å²) in [6.45, 7) is 1.63. The van der Waals surface area contributed by atoms with Gasteiger partial charge in [-0.2, -0.15) is 13.2 Å². The monoisotopic (exact) mass is 333 g/mol. The number of para-hydroxylation sites is 3. The minimum Gasteiger partial charge on any atom is -0.324 e. The maximum atomic E-state index is 13.0. The standard InChI is InChI=1S/C17H14F3N3O/c1-11-21-14-8-4-5-9-15(14)23(11)10-16(24)22-13-7-3-2-6-12(13)17(18,19)20/h2-9H,10H2,1H3,(H,22,24). The number of aryl methyl sites for hydroxylation is 1. The molecule has 1 N–H and O–H groups in total. The SMILES string of the molecule is Cc1nc2ccccc2n1CC(=O)Nc1ccccc1C(F)(F)F. The number of rotatable bonds is 3. The van der Waals surface area contributed by atoms with Gasteiger partial charge in [-0.05, 0) is 31.2 Å². The summed E-state index contributed by atoms with van der Waals surface area (Å²) in [4.78, 5) is 16.6. The van der Waals surface area contributed by atoms with Crippen molar-refractivity contribution < 1.29 is 18.0 Å². The fourth-order valence-corrected chi connectivity index (χ4v) is 2.57. The second kappa shape index (κ2) is 5.99. The number of imidazole rings is 1. The Morgan fingerprint density at radius 2 is 1.79 bits per heavy atom. The average Bonchev–Trinajstić information content (AvgIpc) is 2.83. The second-order valence-corrected chi connectivity index (χ2v) is 5.33. The van der Waals surface area contributed by atoms with Crippen molar-refractivity contribution in [1.29, 1.82) is 0 Å². The molecular formula is C17H14F3N3O. The highest BCUT2D eigenvalue weighted by Gasteiger charge is 2.33. The van der Waals surface area contributed by atoms with Crippen molar-refractivity contribution in [1.82, 2.24) is 9.55 Å². The normalized spacial score (nSPS) is 11.7. The number of hydrogen-bond acceptors (Lipinski definition) is 2. The number of anilines is 1. The Labute approximate surface area is 135 Å². The molecule has 0 aliphatic rings. The minimum atomic E-state index is -4.53. The summed E-state index contributed by atoms with van der Waals surface area (Å²) in [5, 5.41) is 2.34. The average molecular weight is 333 g/mol. The highest BCUT2D eigenvalue weighted by atomic mass is 19.4. The van der Waals surface area contributed by atoms with Gasteiger partial charge in [0.15, 0.2) is 0 Å². The summed E-state index contributed by atoms with van der Waals surface area (Å²) in [5.41, 5.74) is 0.371. The molecule has 0 bridgehead atoms. The van der Waals surface area contributed by atoms with Crippen LogP contribution in [-0.4, -0.2) is 15.5 Å². The van der Waals surface area contributed by atoms with Crippen molar-refractivity contribution >= 4 is 22.6 Å². The van der Waals surface area contributed by atoms with Crippen molar-refractivity contribution in [2.45, 2.75) is 19.6 Å². The van der Waals surface area contributed by atoms with Crippen LogP contribution in [0.2, 0.25) is 0 Å². The van der Waals surface area contributed by atoms with Crippen LogP contribution >= 0.6 is 0 Å². The van der Waals surface area contributed by atoms with Crippen LogP contribution in [-0.2, 0) is 17.5 Å².